The molecule has 0 amide bonds. The van der Waals surface area contributed by atoms with Gasteiger partial charge in [0.05, 0.1) is 23.3 Å². The third kappa shape index (κ3) is 4.77. The molecule has 0 aromatic heterocycles. The van der Waals surface area contributed by atoms with Gasteiger partial charge >= 0.3 is 11.9 Å². The van der Waals surface area contributed by atoms with Crippen molar-refractivity contribution in [1.29, 1.82) is 0 Å². The van der Waals surface area contributed by atoms with E-state index in [9.17, 15) is 9.59 Å². The first-order valence-electron chi connectivity index (χ1n) is 9.29. The molecule has 0 unspecified atom stereocenters. The Morgan fingerprint density at radius 2 is 1.39 bits per heavy atom. The number of carbonyl (C=O) groups is 2. The Bertz CT molecular complexity index is 793. The lowest BCUT2D eigenvalue weighted by Crippen LogP contribution is -2.56. The molecule has 2 aromatic rings. The monoisotopic (exact) mass is 383 g/mol. The zero-order chi connectivity index (χ0) is 20.1. The van der Waals surface area contributed by atoms with Crippen molar-refractivity contribution in [3.8, 4) is 0 Å². The van der Waals surface area contributed by atoms with E-state index in [1.807, 2.05) is 38.1 Å². The Morgan fingerprint density at radius 1 is 0.893 bits per heavy atom. The third-order valence-corrected chi connectivity index (χ3v) is 4.74. The molecule has 6 nitrogen and oxygen atoms in total. The van der Waals surface area contributed by atoms with Gasteiger partial charge in [0.2, 0.25) is 6.29 Å². The Hall–Kier alpha value is -2.70. The number of rotatable bonds is 5. The average Bonchev–Trinajstić information content (AvgIpc) is 2.70. The van der Waals surface area contributed by atoms with Crippen molar-refractivity contribution in [1.82, 2.24) is 4.90 Å². The van der Waals surface area contributed by atoms with Crippen LogP contribution in [0.3, 0.4) is 0 Å². The fourth-order valence-corrected chi connectivity index (χ4v) is 3.26. The van der Waals surface area contributed by atoms with Gasteiger partial charge in [0.25, 0.3) is 0 Å². The van der Waals surface area contributed by atoms with Crippen LogP contribution in [0.25, 0.3) is 0 Å². The molecule has 1 aliphatic heterocycles. The lowest BCUT2D eigenvalue weighted by atomic mass is 9.99. The molecule has 0 aliphatic carbocycles. The second kappa shape index (κ2) is 8.99. The molecule has 1 fully saturated rings. The highest BCUT2D eigenvalue weighted by atomic mass is 16.7. The van der Waals surface area contributed by atoms with E-state index in [1.165, 1.54) is 0 Å². The van der Waals surface area contributed by atoms with E-state index in [1.54, 1.807) is 48.5 Å². The van der Waals surface area contributed by atoms with E-state index in [2.05, 4.69) is 0 Å². The first kappa shape index (κ1) is 20.0. The van der Waals surface area contributed by atoms with Gasteiger partial charge < -0.3 is 19.1 Å². The molecule has 28 heavy (non-hydrogen) atoms. The smallest absolute Gasteiger partial charge is 0.340 e. The fourth-order valence-electron chi connectivity index (χ4n) is 3.26. The maximum Gasteiger partial charge on any atom is 0.340 e. The van der Waals surface area contributed by atoms with Gasteiger partial charge in [-0.05, 0) is 51.7 Å². The molecule has 148 valence electrons. The van der Waals surface area contributed by atoms with Crippen LogP contribution in [0, 0.1) is 0 Å². The molecule has 4 atom stereocenters. The van der Waals surface area contributed by atoms with Crippen LogP contribution in [0.15, 0.2) is 60.7 Å². The predicted octanol–water partition coefficient (Wildman–Crippen LogP) is 3.13. The zero-order valence-electron chi connectivity index (χ0n) is 16.3. The largest absolute Gasteiger partial charge is 0.450 e. The Kier molecular flexibility index (Phi) is 6.44. The molecular formula is C22H25NO5. The van der Waals surface area contributed by atoms with E-state index >= 15 is 0 Å². The molecule has 0 N–H and O–H groups in total. The second-order valence-electron chi connectivity index (χ2n) is 7.09. The average molecular weight is 383 g/mol. The molecular weight excluding hydrogens is 358 g/mol. The summed E-state index contributed by atoms with van der Waals surface area (Å²) in [5.41, 5.74) is 0.852. The maximum atomic E-state index is 12.6. The second-order valence-corrected chi connectivity index (χ2v) is 7.09. The standard InChI is InChI=1S/C22H25NO5/c1-15-14-18(23(2)3)19(27-20(24)16-10-6-4-7-11-16)22(26-15)28-21(25)17-12-8-5-9-13-17/h4-13,15,18-19,22H,14H2,1-3H3/t15-,18+,19-,22+/m1/s1. The predicted molar refractivity (Wildman–Crippen MR) is 104 cm³/mol. The Labute approximate surface area is 165 Å². The van der Waals surface area contributed by atoms with Gasteiger partial charge in [0.1, 0.15) is 0 Å². The summed E-state index contributed by atoms with van der Waals surface area (Å²) in [6, 6.07) is 17.3. The Balaban J connectivity index is 1.81. The van der Waals surface area contributed by atoms with Crippen molar-refractivity contribution >= 4 is 11.9 Å². The first-order chi connectivity index (χ1) is 13.5. The summed E-state index contributed by atoms with van der Waals surface area (Å²) < 4.78 is 17.2. The van der Waals surface area contributed by atoms with Crippen molar-refractivity contribution in [3.05, 3.63) is 71.8 Å². The number of esters is 2. The third-order valence-electron chi connectivity index (χ3n) is 4.74. The maximum absolute atomic E-state index is 12.6. The topological polar surface area (TPSA) is 65.1 Å². The molecule has 0 spiro atoms. The highest BCUT2D eigenvalue weighted by Crippen LogP contribution is 2.28. The molecule has 0 radical (unpaired) electrons. The van der Waals surface area contributed by atoms with Crippen LogP contribution in [0.4, 0.5) is 0 Å². The van der Waals surface area contributed by atoms with E-state index in [0.29, 0.717) is 17.5 Å². The summed E-state index contributed by atoms with van der Waals surface area (Å²) in [5, 5.41) is 0. The number of ether oxygens (including phenoxy) is 3. The van der Waals surface area contributed by atoms with Gasteiger partial charge in [-0.15, -0.1) is 0 Å². The summed E-state index contributed by atoms with van der Waals surface area (Å²) in [6.45, 7) is 1.91. The van der Waals surface area contributed by atoms with Crippen molar-refractivity contribution in [2.24, 2.45) is 0 Å². The lowest BCUT2D eigenvalue weighted by Gasteiger charge is -2.42. The normalized spacial score (nSPS) is 24.6. The van der Waals surface area contributed by atoms with Gasteiger partial charge in [-0.25, -0.2) is 9.59 Å². The van der Waals surface area contributed by atoms with Crippen LogP contribution in [0.2, 0.25) is 0 Å². The van der Waals surface area contributed by atoms with Crippen LogP contribution < -0.4 is 0 Å². The van der Waals surface area contributed by atoms with Crippen LogP contribution >= 0.6 is 0 Å². The minimum atomic E-state index is -0.989. The van der Waals surface area contributed by atoms with Gasteiger partial charge in [-0.3, -0.25) is 0 Å². The first-order valence-corrected chi connectivity index (χ1v) is 9.29. The number of hydrogen-bond donors (Lipinski definition) is 0. The highest BCUT2D eigenvalue weighted by Gasteiger charge is 2.43. The molecule has 1 saturated heterocycles. The molecule has 2 aromatic carbocycles. The number of benzene rings is 2. The summed E-state index contributed by atoms with van der Waals surface area (Å²) in [4.78, 5) is 27.1. The van der Waals surface area contributed by atoms with Crippen molar-refractivity contribution < 1.29 is 23.8 Å². The molecule has 1 heterocycles. The van der Waals surface area contributed by atoms with Crippen LogP contribution in [0.1, 0.15) is 34.1 Å². The zero-order valence-corrected chi connectivity index (χ0v) is 16.3. The molecule has 0 bridgehead atoms. The van der Waals surface area contributed by atoms with Crippen molar-refractivity contribution in [2.75, 3.05) is 14.1 Å². The minimum Gasteiger partial charge on any atom is -0.450 e. The molecule has 3 rings (SSSR count). The minimum absolute atomic E-state index is 0.146. The van der Waals surface area contributed by atoms with Crippen molar-refractivity contribution in [3.63, 3.8) is 0 Å². The van der Waals surface area contributed by atoms with E-state index < -0.39 is 24.3 Å². The molecule has 1 aliphatic rings. The number of carbonyl (C=O) groups excluding carboxylic acids is 2. The summed E-state index contributed by atoms with van der Waals surface area (Å²) >= 11 is 0. The fraction of sp³-hybridized carbons (Fsp3) is 0.364. The van der Waals surface area contributed by atoms with Gasteiger partial charge in [-0.1, -0.05) is 36.4 Å². The summed E-state index contributed by atoms with van der Waals surface area (Å²) in [6.07, 6.45) is -1.23. The molecule has 6 heteroatoms. The number of nitrogens with zero attached hydrogens (tertiary/aromatic N) is 1. The van der Waals surface area contributed by atoms with Crippen LogP contribution in [0.5, 0.6) is 0 Å². The van der Waals surface area contributed by atoms with Gasteiger partial charge in [0.15, 0.2) is 6.10 Å². The van der Waals surface area contributed by atoms with Crippen LogP contribution in [-0.2, 0) is 14.2 Å². The number of hydrogen-bond acceptors (Lipinski definition) is 6. The molecule has 0 saturated carbocycles. The van der Waals surface area contributed by atoms with E-state index in [-0.39, 0.29) is 12.1 Å². The van der Waals surface area contributed by atoms with Gasteiger partial charge in [-0.2, -0.15) is 0 Å². The van der Waals surface area contributed by atoms with Crippen LogP contribution in [-0.4, -0.2) is 55.5 Å². The highest BCUT2D eigenvalue weighted by molar-refractivity contribution is 5.90. The van der Waals surface area contributed by atoms with Gasteiger partial charge in [0, 0.05) is 0 Å². The summed E-state index contributed by atoms with van der Waals surface area (Å²) in [5.74, 6) is -0.991. The summed E-state index contributed by atoms with van der Waals surface area (Å²) in [7, 11) is 3.81. The number of likely N-dealkylation sites (N-methyl/N-ethyl adjacent to an activating group) is 1. The van der Waals surface area contributed by atoms with E-state index in [4.69, 9.17) is 14.2 Å². The SMILES string of the molecule is C[C@@H]1C[C@H](N(C)C)[C@@H](OC(=O)c2ccccc2)[C@H](OC(=O)c2ccccc2)O1. The Morgan fingerprint density at radius 3 is 1.89 bits per heavy atom. The van der Waals surface area contributed by atoms with E-state index in [0.717, 1.165) is 0 Å². The quantitative estimate of drug-likeness (QED) is 0.739. The lowest BCUT2D eigenvalue weighted by molar-refractivity contribution is -0.229. The van der Waals surface area contributed by atoms with Crippen molar-refractivity contribution in [2.45, 2.75) is 37.9 Å².